The first-order chi connectivity index (χ1) is 8.15. The van der Waals surface area contributed by atoms with Gasteiger partial charge in [0.25, 0.3) is 0 Å². The van der Waals surface area contributed by atoms with Crippen molar-refractivity contribution in [3.8, 4) is 0 Å². The molecule has 92 valence electrons. The van der Waals surface area contributed by atoms with Crippen LogP contribution in [0, 0.1) is 0 Å². The van der Waals surface area contributed by atoms with Crippen LogP contribution in [0.2, 0.25) is 0 Å². The minimum atomic E-state index is -0.103. The highest BCUT2D eigenvalue weighted by Crippen LogP contribution is 2.14. The summed E-state index contributed by atoms with van der Waals surface area (Å²) in [5, 5.41) is 0. The summed E-state index contributed by atoms with van der Waals surface area (Å²) >= 11 is 8.40. The van der Waals surface area contributed by atoms with Crippen LogP contribution in [0.5, 0.6) is 0 Å². The zero-order valence-electron chi connectivity index (χ0n) is 9.43. The maximum atomic E-state index is 5.62. The van der Waals surface area contributed by atoms with Crippen LogP contribution in [0.25, 0.3) is 0 Å². The third kappa shape index (κ3) is 3.74. The number of ether oxygens (including phenoxy) is 1. The molecule has 0 amide bonds. The van der Waals surface area contributed by atoms with E-state index in [0.717, 1.165) is 24.1 Å². The molecule has 1 aromatic carbocycles. The summed E-state index contributed by atoms with van der Waals surface area (Å²) in [4.78, 5) is 2.77. The van der Waals surface area contributed by atoms with Crippen LogP contribution in [0.15, 0.2) is 28.7 Å². The van der Waals surface area contributed by atoms with E-state index in [1.54, 1.807) is 0 Å². The standard InChI is InChI=1S/C12H15BrN2OS/c13-10-3-1-9(2-4-10)7-15-5-6-16-11(8-15)12(14)17/h1-4,11H,5-8H2,(H2,14,17). The first-order valence-electron chi connectivity index (χ1n) is 5.53. The summed E-state index contributed by atoms with van der Waals surface area (Å²) in [7, 11) is 0. The first-order valence-corrected chi connectivity index (χ1v) is 6.73. The van der Waals surface area contributed by atoms with E-state index in [1.807, 2.05) is 0 Å². The molecule has 17 heavy (non-hydrogen) atoms. The molecule has 0 saturated carbocycles. The highest BCUT2D eigenvalue weighted by atomic mass is 79.9. The summed E-state index contributed by atoms with van der Waals surface area (Å²) in [5.74, 6) is 0. The normalized spacial score (nSPS) is 21.4. The van der Waals surface area contributed by atoms with Crippen LogP contribution in [0.1, 0.15) is 5.56 Å². The van der Waals surface area contributed by atoms with Gasteiger partial charge in [0.2, 0.25) is 0 Å². The molecule has 1 aromatic rings. The maximum Gasteiger partial charge on any atom is 0.120 e. The molecule has 1 heterocycles. The summed E-state index contributed by atoms with van der Waals surface area (Å²) in [6.07, 6.45) is -0.103. The van der Waals surface area contributed by atoms with Crippen molar-refractivity contribution in [3.05, 3.63) is 34.3 Å². The van der Waals surface area contributed by atoms with Crippen LogP contribution in [-0.4, -0.2) is 35.7 Å². The molecular formula is C12H15BrN2OS. The van der Waals surface area contributed by atoms with Crippen LogP contribution in [0.4, 0.5) is 0 Å². The Bertz CT molecular complexity index is 396. The van der Waals surface area contributed by atoms with Gasteiger partial charge >= 0.3 is 0 Å². The van der Waals surface area contributed by atoms with Gasteiger partial charge in [0.05, 0.1) is 6.61 Å². The quantitative estimate of drug-likeness (QED) is 0.865. The average molecular weight is 315 g/mol. The van der Waals surface area contributed by atoms with E-state index >= 15 is 0 Å². The lowest BCUT2D eigenvalue weighted by molar-refractivity contribution is 0.00391. The predicted octanol–water partition coefficient (Wildman–Crippen LogP) is 1.94. The Labute approximate surface area is 115 Å². The summed E-state index contributed by atoms with van der Waals surface area (Å²) in [6, 6.07) is 8.35. The topological polar surface area (TPSA) is 38.5 Å². The lowest BCUT2D eigenvalue weighted by Crippen LogP contribution is -2.47. The van der Waals surface area contributed by atoms with Gasteiger partial charge in [-0.1, -0.05) is 40.3 Å². The lowest BCUT2D eigenvalue weighted by atomic mass is 10.2. The molecule has 0 aromatic heterocycles. The monoisotopic (exact) mass is 314 g/mol. The second-order valence-corrected chi connectivity index (χ2v) is 5.51. The number of morpholine rings is 1. The molecule has 5 heteroatoms. The zero-order chi connectivity index (χ0) is 12.3. The molecule has 2 N–H and O–H groups in total. The lowest BCUT2D eigenvalue weighted by Gasteiger charge is -2.32. The van der Waals surface area contributed by atoms with Gasteiger partial charge in [-0.3, -0.25) is 4.90 Å². The molecule has 1 saturated heterocycles. The molecule has 1 unspecified atom stereocenters. The Morgan fingerprint density at radius 3 is 2.82 bits per heavy atom. The van der Waals surface area contributed by atoms with Gasteiger partial charge in [0, 0.05) is 24.1 Å². The number of nitrogens with two attached hydrogens (primary N) is 1. The molecule has 0 bridgehead atoms. The fourth-order valence-electron chi connectivity index (χ4n) is 1.87. The Morgan fingerprint density at radius 1 is 1.47 bits per heavy atom. The highest BCUT2D eigenvalue weighted by molar-refractivity contribution is 9.10. The largest absolute Gasteiger partial charge is 0.391 e. The first kappa shape index (κ1) is 13.0. The van der Waals surface area contributed by atoms with E-state index < -0.39 is 0 Å². The van der Waals surface area contributed by atoms with Crippen molar-refractivity contribution in [2.75, 3.05) is 19.7 Å². The van der Waals surface area contributed by atoms with Gasteiger partial charge in [0.15, 0.2) is 0 Å². The zero-order valence-corrected chi connectivity index (χ0v) is 11.8. The number of halogens is 1. The van der Waals surface area contributed by atoms with Gasteiger partial charge in [-0.05, 0) is 17.7 Å². The number of hydrogen-bond donors (Lipinski definition) is 1. The van der Waals surface area contributed by atoms with Crippen molar-refractivity contribution in [2.45, 2.75) is 12.6 Å². The number of benzene rings is 1. The molecule has 1 aliphatic rings. The second kappa shape index (κ2) is 5.91. The summed E-state index contributed by atoms with van der Waals surface area (Å²) in [6.45, 7) is 3.31. The predicted molar refractivity (Wildman–Crippen MR) is 75.9 cm³/mol. The molecule has 0 aliphatic carbocycles. The van der Waals surface area contributed by atoms with Gasteiger partial charge < -0.3 is 10.5 Å². The third-order valence-corrected chi connectivity index (χ3v) is 3.58. The third-order valence-electron chi connectivity index (χ3n) is 2.79. The van der Waals surface area contributed by atoms with Crippen LogP contribution in [-0.2, 0) is 11.3 Å². The van der Waals surface area contributed by atoms with Gasteiger partial charge in [-0.2, -0.15) is 0 Å². The van der Waals surface area contributed by atoms with E-state index in [-0.39, 0.29) is 6.10 Å². The van der Waals surface area contributed by atoms with Crippen molar-refractivity contribution in [1.82, 2.24) is 4.90 Å². The van der Waals surface area contributed by atoms with Crippen molar-refractivity contribution in [2.24, 2.45) is 5.73 Å². The molecule has 0 spiro atoms. The molecule has 1 aliphatic heterocycles. The molecule has 1 fully saturated rings. The Balaban J connectivity index is 1.94. The van der Waals surface area contributed by atoms with Crippen LogP contribution < -0.4 is 5.73 Å². The number of nitrogens with zero attached hydrogens (tertiary/aromatic N) is 1. The van der Waals surface area contributed by atoms with E-state index in [9.17, 15) is 0 Å². The minimum absolute atomic E-state index is 0.103. The molecule has 2 rings (SSSR count). The van der Waals surface area contributed by atoms with E-state index in [1.165, 1.54) is 5.56 Å². The van der Waals surface area contributed by atoms with Gasteiger partial charge in [-0.15, -0.1) is 0 Å². The molecule has 3 nitrogen and oxygen atoms in total. The Hall–Kier alpha value is -0.490. The van der Waals surface area contributed by atoms with Gasteiger partial charge in [0.1, 0.15) is 11.1 Å². The SMILES string of the molecule is NC(=S)C1CN(Cc2ccc(Br)cc2)CCO1. The number of thiocarbonyl (C=S) groups is 1. The fraction of sp³-hybridized carbons (Fsp3) is 0.417. The maximum absolute atomic E-state index is 5.62. The van der Waals surface area contributed by atoms with Crippen molar-refractivity contribution < 1.29 is 4.74 Å². The molecule has 0 radical (unpaired) electrons. The minimum Gasteiger partial charge on any atom is -0.391 e. The Kier molecular flexibility index (Phi) is 4.50. The summed E-state index contributed by atoms with van der Waals surface area (Å²) in [5.41, 5.74) is 6.90. The van der Waals surface area contributed by atoms with Crippen LogP contribution >= 0.6 is 28.1 Å². The summed E-state index contributed by atoms with van der Waals surface area (Å²) < 4.78 is 6.61. The Morgan fingerprint density at radius 2 is 2.18 bits per heavy atom. The molecular weight excluding hydrogens is 300 g/mol. The van der Waals surface area contributed by atoms with E-state index in [0.29, 0.717) is 11.6 Å². The van der Waals surface area contributed by atoms with E-state index in [2.05, 4.69) is 45.1 Å². The van der Waals surface area contributed by atoms with Crippen molar-refractivity contribution >= 4 is 33.1 Å². The number of rotatable bonds is 3. The van der Waals surface area contributed by atoms with E-state index in [4.69, 9.17) is 22.7 Å². The van der Waals surface area contributed by atoms with Crippen LogP contribution in [0.3, 0.4) is 0 Å². The highest BCUT2D eigenvalue weighted by Gasteiger charge is 2.22. The fourth-order valence-corrected chi connectivity index (χ4v) is 2.27. The van der Waals surface area contributed by atoms with Crippen molar-refractivity contribution in [3.63, 3.8) is 0 Å². The van der Waals surface area contributed by atoms with Gasteiger partial charge in [-0.25, -0.2) is 0 Å². The molecule has 1 atom stereocenters. The number of hydrogen-bond acceptors (Lipinski definition) is 3. The van der Waals surface area contributed by atoms with Crippen molar-refractivity contribution in [1.29, 1.82) is 0 Å². The average Bonchev–Trinajstić information content (AvgIpc) is 2.32. The second-order valence-electron chi connectivity index (χ2n) is 4.12. The smallest absolute Gasteiger partial charge is 0.120 e.